The van der Waals surface area contributed by atoms with E-state index in [9.17, 15) is 4.79 Å². The van der Waals surface area contributed by atoms with Gasteiger partial charge in [-0.1, -0.05) is 6.07 Å². The van der Waals surface area contributed by atoms with Gasteiger partial charge in [-0.15, -0.1) is 0 Å². The maximum atomic E-state index is 11.2. The molecular weight excluding hydrogens is 268 g/mol. The van der Waals surface area contributed by atoms with E-state index in [1.165, 1.54) is 13.2 Å². The van der Waals surface area contributed by atoms with E-state index in [1.807, 2.05) is 38.4 Å². The van der Waals surface area contributed by atoms with Gasteiger partial charge in [-0.05, 0) is 37.1 Å². The van der Waals surface area contributed by atoms with Crippen LogP contribution in [0.1, 0.15) is 19.4 Å². The summed E-state index contributed by atoms with van der Waals surface area (Å²) >= 11 is 0. The Labute approximate surface area is 124 Å². The van der Waals surface area contributed by atoms with Crippen LogP contribution in [0.25, 0.3) is 0 Å². The van der Waals surface area contributed by atoms with Crippen molar-refractivity contribution in [2.75, 3.05) is 7.11 Å². The first-order chi connectivity index (χ1) is 10.1. The average Bonchev–Trinajstić information content (AvgIpc) is 2.49. The molecule has 1 aliphatic heterocycles. The number of esters is 1. The van der Waals surface area contributed by atoms with Crippen LogP contribution in [0, 0.1) is 0 Å². The van der Waals surface area contributed by atoms with Crippen LogP contribution in [0.3, 0.4) is 0 Å². The summed E-state index contributed by atoms with van der Waals surface area (Å²) < 4.78 is 10.5. The Morgan fingerprint density at radius 3 is 3.00 bits per heavy atom. The summed E-state index contributed by atoms with van der Waals surface area (Å²) in [6.45, 7) is 4.67. The molecule has 1 aliphatic rings. The van der Waals surface area contributed by atoms with Gasteiger partial charge in [-0.25, -0.2) is 4.79 Å². The Hall–Kier alpha value is -2.14. The van der Waals surface area contributed by atoms with Crippen molar-refractivity contribution >= 4 is 5.97 Å². The molecule has 0 aromatic carbocycles. The third-order valence-electron chi connectivity index (χ3n) is 3.35. The highest BCUT2D eigenvalue weighted by Crippen LogP contribution is 2.22. The maximum absolute atomic E-state index is 11.2. The number of nitrogens with zero attached hydrogens (tertiary/aromatic N) is 2. The fourth-order valence-corrected chi connectivity index (χ4v) is 2.14. The van der Waals surface area contributed by atoms with Gasteiger partial charge >= 0.3 is 5.97 Å². The molecule has 0 bridgehead atoms. The van der Waals surface area contributed by atoms with Gasteiger partial charge < -0.3 is 14.4 Å². The van der Waals surface area contributed by atoms with E-state index >= 15 is 0 Å². The molecule has 112 valence electrons. The summed E-state index contributed by atoms with van der Waals surface area (Å²) in [6, 6.07) is 3.94. The predicted octanol–water partition coefficient (Wildman–Crippen LogP) is 2.26. The minimum atomic E-state index is -0.375. The second kappa shape index (κ2) is 7.04. The van der Waals surface area contributed by atoms with Gasteiger partial charge in [0, 0.05) is 31.2 Å². The summed E-state index contributed by atoms with van der Waals surface area (Å²) in [5.41, 5.74) is 2.04. The molecule has 0 unspecified atom stereocenters. The molecule has 5 nitrogen and oxygen atoms in total. The summed E-state index contributed by atoms with van der Waals surface area (Å²) in [6.07, 6.45) is 8.65. The number of rotatable bonds is 4. The highest BCUT2D eigenvalue weighted by molar-refractivity contribution is 5.82. The molecular formula is C16H20N2O3. The van der Waals surface area contributed by atoms with Crippen LogP contribution in [0.2, 0.25) is 0 Å². The third kappa shape index (κ3) is 4.16. The molecule has 0 saturated heterocycles. The van der Waals surface area contributed by atoms with E-state index in [2.05, 4.69) is 14.6 Å². The van der Waals surface area contributed by atoms with E-state index in [0.29, 0.717) is 6.54 Å². The second-order valence-electron chi connectivity index (χ2n) is 4.90. The first-order valence-corrected chi connectivity index (χ1v) is 6.88. The Bertz CT molecular complexity index is 540. The zero-order valence-electron chi connectivity index (χ0n) is 12.5. The van der Waals surface area contributed by atoms with E-state index in [1.54, 1.807) is 12.3 Å². The van der Waals surface area contributed by atoms with Crippen molar-refractivity contribution in [1.82, 2.24) is 9.88 Å². The molecule has 0 saturated carbocycles. The quantitative estimate of drug-likeness (QED) is 0.628. The topological polar surface area (TPSA) is 51.7 Å². The van der Waals surface area contributed by atoms with Crippen molar-refractivity contribution < 1.29 is 14.3 Å². The highest BCUT2D eigenvalue weighted by Gasteiger charge is 2.22. The number of carbonyl (C=O) groups excluding carboxylic acids is 1. The average molecular weight is 288 g/mol. The van der Waals surface area contributed by atoms with Crippen LogP contribution in [0.5, 0.6) is 0 Å². The number of hydrogen-bond acceptors (Lipinski definition) is 5. The van der Waals surface area contributed by atoms with Crippen molar-refractivity contribution in [3.63, 3.8) is 0 Å². The van der Waals surface area contributed by atoms with Crippen molar-refractivity contribution in [3.8, 4) is 0 Å². The van der Waals surface area contributed by atoms with Gasteiger partial charge in [0.25, 0.3) is 0 Å². The van der Waals surface area contributed by atoms with Crippen molar-refractivity contribution in [1.29, 1.82) is 0 Å². The summed E-state index contributed by atoms with van der Waals surface area (Å²) in [4.78, 5) is 17.4. The van der Waals surface area contributed by atoms with E-state index < -0.39 is 0 Å². The van der Waals surface area contributed by atoms with Gasteiger partial charge in [0.2, 0.25) is 0 Å². The molecule has 2 atom stereocenters. The lowest BCUT2D eigenvalue weighted by Crippen LogP contribution is -2.38. The Balaban J connectivity index is 2.14. The molecule has 21 heavy (non-hydrogen) atoms. The second-order valence-corrected chi connectivity index (χ2v) is 4.90. The molecule has 2 heterocycles. The predicted molar refractivity (Wildman–Crippen MR) is 79.0 cm³/mol. The van der Waals surface area contributed by atoms with E-state index in [-0.39, 0.29) is 18.3 Å². The maximum Gasteiger partial charge on any atom is 0.330 e. The zero-order chi connectivity index (χ0) is 15.2. The molecule has 0 spiro atoms. The number of methoxy groups -OCH3 is 1. The fraction of sp³-hybridized carbons (Fsp3) is 0.375. The molecule has 1 aromatic heterocycles. The van der Waals surface area contributed by atoms with Crippen LogP contribution < -0.4 is 0 Å². The lowest BCUT2D eigenvalue weighted by Gasteiger charge is -2.36. The highest BCUT2D eigenvalue weighted by atomic mass is 16.5. The van der Waals surface area contributed by atoms with Crippen LogP contribution in [0.15, 0.2) is 48.5 Å². The molecule has 1 aromatic rings. The van der Waals surface area contributed by atoms with Gasteiger partial charge in [-0.3, -0.25) is 4.98 Å². The van der Waals surface area contributed by atoms with Gasteiger partial charge in [-0.2, -0.15) is 0 Å². The summed E-state index contributed by atoms with van der Waals surface area (Å²) in [5, 5.41) is 0. The molecule has 0 fully saturated rings. The van der Waals surface area contributed by atoms with Crippen LogP contribution in [0.4, 0.5) is 0 Å². The largest absolute Gasteiger partial charge is 0.466 e. The normalized spacial score (nSPS) is 22.2. The standard InChI is InChI=1S/C16H20N2O3/c1-12-15(6-7-16(19)20-3)11-18(13(2)21-12)10-14-5-4-8-17-9-14/h4-9,11-13H,10H2,1-3H3/b7-6+/t12-,13+/m1/s1. The Kier molecular flexibility index (Phi) is 5.11. The minimum Gasteiger partial charge on any atom is -0.466 e. The molecule has 0 N–H and O–H groups in total. The monoisotopic (exact) mass is 288 g/mol. The van der Waals surface area contributed by atoms with Gasteiger partial charge in [0.05, 0.1) is 13.2 Å². The zero-order valence-corrected chi connectivity index (χ0v) is 12.5. The smallest absolute Gasteiger partial charge is 0.330 e. The SMILES string of the molecule is COC(=O)/C=C/C1=CN(Cc2cccnc2)[C@H](C)O[C@@H]1C. The minimum absolute atomic E-state index is 0.0320. The molecule has 0 radical (unpaired) electrons. The van der Waals surface area contributed by atoms with Crippen LogP contribution in [-0.2, 0) is 20.8 Å². The number of ether oxygens (including phenoxy) is 2. The molecule has 0 amide bonds. The van der Waals surface area contributed by atoms with Crippen molar-refractivity contribution in [2.45, 2.75) is 32.7 Å². The van der Waals surface area contributed by atoms with Crippen molar-refractivity contribution in [3.05, 3.63) is 54.0 Å². The Morgan fingerprint density at radius 1 is 1.52 bits per heavy atom. The lowest BCUT2D eigenvalue weighted by atomic mass is 10.1. The summed E-state index contributed by atoms with van der Waals surface area (Å²) in [5.74, 6) is -0.375. The first-order valence-electron chi connectivity index (χ1n) is 6.88. The van der Waals surface area contributed by atoms with Crippen LogP contribution in [-0.4, -0.2) is 35.3 Å². The van der Waals surface area contributed by atoms with Gasteiger partial charge in [0.15, 0.2) is 0 Å². The van der Waals surface area contributed by atoms with Crippen molar-refractivity contribution in [2.24, 2.45) is 0 Å². The summed E-state index contributed by atoms with van der Waals surface area (Å²) in [7, 11) is 1.36. The van der Waals surface area contributed by atoms with Gasteiger partial charge in [0.1, 0.15) is 6.23 Å². The van der Waals surface area contributed by atoms with E-state index in [4.69, 9.17) is 4.74 Å². The number of pyridine rings is 1. The lowest BCUT2D eigenvalue weighted by molar-refractivity contribution is -0.134. The number of hydrogen-bond donors (Lipinski definition) is 0. The molecule has 5 heteroatoms. The third-order valence-corrected chi connectivity index (χ3v) is 3.35. The number of carbonyl (C=O) groups is 1. The Morgan fingerprint density at radius 2 is 2.33 bits per heavy atom. The number of aromatic nitrogens is 1. The van der Waals surface area contributed by atoms with E-state index in [0.717, 1.165) is 11.1 Å². The first kappa shape index (κ1) is 15.3. The fourth-order valence-electron chi connectivity index (χ4n) is 2.14. The molecule has 2 rings (SSSR count). The molecule has 0 aliphatic carbocycles. The van der Waals surface area contributed by atoms with Crippen LogP contribution >= 0.6 is 0 Å².